The lowest BCUT2D eigenvalue weighted by Gasteiger charge is -2.51. The van der Waals surface area contributed by atoms with Gasteiger partial charge in [-0.25, -0.2) is 0 Å². The lowest BCUT2D eigenvalue weighted by molar-refractivity contribution is -0.158. The number of hydrogen-bond donors (Lipinski definition) is 2. The van der Waals surface area contributed by atoms with Gasteiger partial charge in [0.15, 0.2) is 0 Å². The average Bonchev–Trinajstić information content (AvgIpc) is 3.17. The van der Waals surface area contributed by atoms with E-state index < -0.39 is 16.6 Å². The second kappa shape index (κ2) is 8.77. The molecule has 2 aromatic carbocycles. The molecule has 1 saturated carbocycles. The van der Waals surface area contributed by atoms with E-state index in [1.54, 1.807) is 24.3 Å². The summed E-state index contributed by atoms with van der Waals surface area (Å²) < 4.78 is 0. The van der Waals surface area contributed by atoms with Crippen molar-refractivity contribution in [2.45, 2.75) is 57.6 Å². The van der Waals surface area contributed by atoms with Gasteiger partial charge in [0, 0.05) is 34.6 Å². The third kappa shape index (κ3) is 4.41. The largest absolute Gasteiger partial charge is 0.384 e. The van der Waals surface area contributed by atoms with Crippen molar-refractivity contribution in [3.63, 3.8) is 0 Å². The number of amides is 2. The van der Waals surface area contributed by atoms with Crippen LogP contribution in [0.3, 0.4) is 0 Å². The van der Waals surface area contributed by atoms with Crippen molar-refractivity contribution in [1.82, 2.24) is 10.2 Å². The standard InChI is InChI=1S/C27H33ClN2O3/c1-25(2)18-30(17-16-27(25,33)20-11-13-21(28)14-12-20)24(32)22-10-7-15-26(22,3)29-23(31)19-8-5-4-6-9-19/h4-6,8-9,11-14,22,33H,7,10,15-18H2,1-3H3,(H,29,31). The van der Waals surface area contributed by atoms with Crippen LogP contribution in [0.5, 0.6) is 0 Å². The highest BCUT2D eigenvalue weighted by Gasteiger charge is 2.52. The van der Waals surface area contributed by atoms with Crippen LogP contribution in [-0.4, -0.2) is 40.4 Å². The molecule has 2 fully saturated rings. The van der Waals surface area contributed by atoms with Gasteiger partial charge in [-0.2, -0.15) is 0 Å². The minimum Gasteiger partial charge on any atom is -0.384 e. The number of likely N-dealkylation sites (tertiary alicyclic amines) is 1. The van der Waals surface area contributed by atoms with Crippen LogP contribution in [0, 0.1) is 11.3 Å². The second-order valence-electron chi connectivity index (χ2n) is 10.4. The lowest BCUT2D eigenvalue weighted by Crippen LogP contribution is -2.60. The first-order chi connectivity index (χ1) is 15.6. The van der Waals surface area contributed by atoms with Gasteiger partial charge in [-0.3, -0.25) is 9.59 Å². The number of benzene rings is 2. The summed E-state index contributed by atoms with van der Waals surface area (Å²) in [6.45, 7) is 6.92. The summed E-state index contributed by atoms with van der Waals surface area (Å²) in [6.07, 6.45) is 2.87. The Morgan fingerprint density at radius 2 is 1.70 bits per heavy atom. The Kier molecular flexibility index (Phi) is 6.32. The molecule has 2 aromatic rings. The molecule has 2 N–H and O–H groups in total. The summed E-state index contributed by atoms with van der Waals surface area (Å²) in [5.41, 5.74) is -0.752. The predicted molar refractivity (Wildman–Crippen MR) is 130 cm³/mol. The molecule has 0 radical (unpaired) electrons. The van der Waals surface area contributed by atoms with E-state index in [-0.39, 0.29) is 17.7 Å². The van der Waals surface area contributed by atoms with E-state index in [4.69, 9.17) is 11.6 Å². The van der Waals surface area contributed by atoms with Crippen LogP contribution in [0.2, 0.25) is 5.02 Å². The Balaban J connectivity index is 1.50. The number of aliphatic hydroxyl groups is 1. The maximum absolute atomic E-state index is 13.7. The van der Waals surface area contributed by atoms with E-state index >= 15 is 0 Å². The van der Waals surface area contributed by atoms with Gasteiger partial charge in [0.25, 0.3) is 5.91 Å². The van der Waals surface area contributed by atoms with Crippen molar-refractivity contribution in [3.8, 4) is 0 Å². The molecule has 176 valence electrons. The first kappa shape index (κ1) is 23.8. The average molecular weight is 469 g/mol. The molecule has 3 unspecified atom stereocenters. The number of hydrogen-bond acceptors (Lipinski definition) is 3. The number of carbonyl (C=O) groups excluding carboxylic acids is 2. The molecule has 2 aliphatic rings. The molecule has 0 spiro atoms. The maximum atomic E-state index is 13.7. The van der Waals surface area contributed by atoms with Crippen molar-refractivity contribution in [1.29, 1.82) is 0 Å². The quantitative estimate of drug-likeness (QED) is 0.678. The molecule has 0 aromatic heterocycles. The third-order valence-electron chi connectivity index (χ3n) is 7.77. The molecular formula is C27H33ClN2O3. The monoisotopic (exact) mass is 468 g/mol. The van der Waals surface area contributed by atoms with E-state index in [0.717, 1.165) is 24.8 Å². The molecule has 33 heavy (non-hydrogen) atoms. The second-order valence-corrected chi connectivity index (χ2v) is 10.9. The first-order valence-corrected chi connectivity index (χ1v) is 12.1. The van der Waals surface area contributed by atoms with Crippen molar-refractivity contribution >= 4 is 23.4 Å². The van der Waals surface area contributed by atoms with Gasteiger partial charge >= 0.3 is 0 Å². The smallest absolute Gasteiger partial charge is 0.251 e. The van der Waals surface area contributed by atoms with Gasteiger partial charge < -0.3 is 15.3 Å². The van der Waals surface area contributed by atoms with Crippen molar-refractivity contribution in [2.24, 2.45) is 11.3 Å². The van der Waals surface area contributed by atoms with Gasteiger partial charge in [-0.15, -0.1) is 0 Å². The molecule has 2 amide bonds. The fourth-order valence-electron chi connectivity index (χ4n) is 5.62. The van der Waals surface area contributed by atoms with Crippen LogP contribution in [0.25, 0.3) is 0 Å². The number of rotatable bonds is 4. The Bertz CT molecular complexity index is 1020. The Hall–Kier alpha value is -2.37. The zero-order chi connectivity index (χ0) is 23.9. The lowest BCUT2D eigenvalue weighted by atomic mass is 9.66. The summed E-state index contributed by atoms with van der Waals surface area (Å²) in [6, 6.07) is 16.5. The number of nitrogens with zero attached hydrogens (tertiary/aromatic N) is 1. The van der Waals surface area contributed by atoms with Gasteiger partial charge in [-0.05, 0) is 56.0 Å². The van der Waals surface area contributed by atoms with Gasteiger partial charge in [0.2, 0.25) is 5.91 Å². The summed E-state index contributed by atoms with van der Waals surface area (Å²) in [4.78, 5) is 28.4. The SMILES string of the molecule is CC1(NC(=O)c2ccccc2)CCCC1C(=O)N1CCC(O)(c2ccc(Cl)cc2)C(C)(C)C1. The minimum absolute atomic E-state index is 0.0644. The van der Waals surface area contributed by atoms with Crippen LogP contribution in [0.15, 0.2) is 54.6 Å². The summed E-state index contributed by atoms with van der Waals surface area (Å²) in [7, 11) is 0. The number of halogens is 1. The van der Waals surface area contributed by atoms with Gasteiger partial charge in [-0.1, -0.05) is 62.2 Å². The van der Waals surface area contributed by atoms with Gasteiger partial charge in [0.05, 0.1) is 11.5 Å². The fourth-order valence-corrected chi connectivity index (χ4v) is 5.75. The van der Waals surface area contributed by atoms with Crippen LogP contribution in [-0.2, 0) is 10.4 Å². The molecule has 4 rings (SSSR count). The normalized spacial score (nSPS) is 29.0. The highest BCUT2D eigenvalue weighted by atomic mass is 35.5. The third-order valence-corrected chi connectivity index (χ3v) is 8.03. The van der Waals surface area contributed by atoms with Crippen molar-refractivity contribution in [2.75, 3.05) is 13.1 Å². The van der Waals surface area contributed by atoms with E-state index in [2.05, 4.69) is 5.32 Å². The van der Waals surface area contributed by atoms with E-state index in [9.17, 15) is 14.7 Å². The van der Waals surface area contributed by atoms with Crippen molar-refractivity contribution in [3.05, 3.63) is 70.7 Å². The molecule has 1 aliphatic heterocycles. The molecule has 1 saturated heterocycles. The van der Waals surface area contributed by atoms with Gasteiger partial charge in [0.1, 0.15) is 0 Å². The first-order valence-electron chi connectivity index (χ1n) is 11.7. The summed E-state index contributed by atoms with van der Waals surface area (Å²) in [5, 5.41) is 15.4. The predicted octanol–water partition coefficient (Wildman–Crippen LogP) is 4.77. The number of piperidine rings is 1. The topological polar surface area (TPSA) is 69.6 Å². The highest BCUT2D eigenvalue weighted by Crippen LogP contribution is 2.47. The van der Waals surface area contributed by atoms with Crippen molar-refractivity contribution < 1.29 is 14.7 Å². The number of carbonyl (C=O) groups is 2. The molecule has 6 heteroatoms. The zero-order valence-corrected chi connectivity index (χ0v) is 20.4. The molecular weight excluding hydrogens is 436 g/mol. The molecule has 1 aliphatic carbocycles. The number of nitrogens with one attached hydrogen (secondary N) is 1. The highest BCUT2D eigenvalue weighted by molar-refractivity contribution is 6.30. The minimum atomic E-state index is -1.05. The van der Waals surface area contributed by atoms with Crippen LogP contribution in [0.4, 0.5) is 0 Å². The van der Waals surface area contributed by atoms with Crippen LogP contribution in [0.1, 0.15) is 62.4 Å². The van der Waals surface area contributed by atoms with E-state index in [1.807, 2.05) is 56.0 Å². The molecule has 3 atom stereocenters. The Morgan fingerprint density at radius 3 is 2.33 bits per heavy atom. The molecule has 0 bridgehead atoms. The Labute approximate surface area is 201 Å². The fraction of sp³-hybridized carbons (Fsp3) is 0.481. The van der Waals surface area contributed by atoms with E-state index in [0.29, 0.717) is 30.1 Å². The zero-order valence-electron chi connectivity index (χ0n) is 19.6. The van der Waals surface area contributed by atoms with E-state index in [1.165, 1.54) is 0 Å². The van der Waals surface area contributed by atoms with Crippen LogP contribution < -0.4 is 5.32 Å². The summed E-state index contributed by atoms with van der Waals surface area (Å²) in [5.74, 6) is -0.355. The summed E-state index contributed by atoms with van der Waals surface area (Å²) >= 11 is 6.04. The maximum Gasteiger partial charge on any atom is 0.251 e. The Morgan fingerprint density at radius 1 is 1.03 bits per heavy atom. The molecule has 5 nitrogen and oxygen atoms in total. The van der Waals surface area contributed by atoms with Crippen LogP contribution >= 0.6 is 11.6 Å². The molecule has 1 heterocycles.